The van der Waals surface area contributed by atoms with Crippen LogP contribution in [0.25, 0.3) is 120 Å². The molecule has 0 aliphatic rings. The van der Waals surface area contributed by atoms with Gasteiger partial charge in [0, 0.05) is 94.7 Å². The molecule has 0 atom stereocenters. The number of furan rings is 2. The van der Waals surface area contributed by atoms with Crippen LogP contribution >= 0.6 is 0 Å². The Hall–Kier alpha value is -10.8. The summed E-state index contributed by atoms with van der Waals surface area (Å²) in [6.45, 7) is 0. The molecule has 6 nitrogen and oxygen atoms in total. The average molecular weight is 1020 g/mol. The Morgan fingerprint density at radius 2 is 0.562 bits per heavy atom. The van der Waals surface area contributed by atoms with E-state index >= 15 is 0 Å². The van der Waals surface area contributed by atoms with Gasteiger partial charge in [-0.25, -0.2) is 0 Å². The molecule has 13 aromatic carbocycles. The third kappa shape index (κ3) is 6.85. The normalized spacial score (nSPS) is 12.0. The quantitative estimate of drug-likeness (QED) is 0.152. The van der Waals surface area contributed by atoms with Crippen molar-refractivity contribution in [1.29, 1.82) is 0 Å². The van der Waals surface area contributed by atoms with Crippen molar-refractivity contribution in [3.63, 3.8) is 0 Å². The molecule has 0 aliphatic heterocycles. The molecule has 0 aliphatic carbocycles. The Morgan fingerprint density at radius 1 is 0.212 bits per heavy atom. The number of benzene rings is 13. The standard InChI is InChI=1S/C74H46N4O2/c1-5-17-51(18-6-1)75(57-33-35-61-59-25-13-15-27-67(59)77(69(61)43-57)53-21-9-3-10-22-53)55-31-29-47-39-63-65-45-66-64-40-48-30-32-56(38-50(48)42-72(64)80-74(66)46-73(65)79-71(63)41-49(47)37-55)76(52-19-7-2-8-20-52)58-34-36-62-60-26-14-16-28-68(60)78(70(62)44-58)54-23-11-4-12-24-54/h1-46H. The first-order chi connectivity index (χ1) is 39.6. The van der Waals surface area contributed by atoms with Gasteiger partial charge < -0.3 is 27.8 Å². The molecule has 0 saturated heterocycles. The van der Waals surface area contributed by atoms with Crippen molar-refractivity contribution in [2.45, 2.75) is 0 Å². The van der Waals surface area contributed by atoms with Crippen LogP contribution in [0.2, 0.25) is 0 Å². The van der Waals surface area contributed by atoms with Crippen molar-refractivity contribution in [2.24, 2.45) is 0 Å². The van der Waals surface area contributed by atoms with Crippen molar-refractivity contribution in [2.75, 3.05) is 9.80 Å². The van der Waals surface area contributed by atoms with Gasteiger partial charge in [0.25, 0.3) is 0 Å². The van der Waals surface area contributed by atoms with Gasteiger partial charge in [-0.3, -0.25) is 0 Å². The second-order valence-corrected chi connectivity index (χ2v) is 20.9. The van der Waals surface area contributed by atoms with Gasteiger partial charge in [-0.1, -0.05) is 133 Å². The van der Waals surface area contributed by atoms with Crippen LogP contribution in [0.1, 0.15) is 0 Å². The third-order valence-electron chi connectivity index (χ3n) is 16.4. The molecule has 0 fully saturated rings. The molecule has 6 heteroatoms. The van der Waals surface area contributed by atoms with Gasteiger partial charge >= 0.3 is 0 Å². The number of aromatic nitrogens is 2. The molecular weight excluding hydrogens is 977 g/mol. The zero-order valence-electron chi connectivity index (χ0n) is 43.2. The predicted molar refractivity (Wildman–Crippen MR) is 334 cm³/mol. The fourth-order valence-electron chi connectivity index (χ4n) is 12.7. The lowest BCUT2D eigenvalue weighted by atomic mass is 10.0. The predicted octanol–water partition coefficient (Wildman–Crippen LogP) is 20.9. The fraction of sp³-hybridized carbons (Fsp3) is 0. The molecule has 0 bridgehead atoms. The Bertz CT molecular complexity index is 4980. The van der Waals surface area contributed by atoms with Gasteiger partial charge in [0.05, 0.1) is 22.1 Å². The van der Waals surface area contributed by atoms with E-state index in [-0.39, 0.29) is 0 Å². The summed E-state index contributed by atoms with van der Waals surface area (Å²) in [6.07, 6.45) is 0. The first-order valence-corrected chi connectivity index (χ1v) is 27.2. The SMILES string of the molecule is c1ccc(N(c2ccc3cc4c(cc3c2)oc2cc3oc5cc6cc(N(c7ccccc7)c7ccc8c9ccccc9n(-c9ccccc9)c8c7)ccc6cc5c3cc24)c2ccc3c4ccccc4n(-c4ccccc4)c3c2)cc1. The molecule has 374 valence electrons. The summed E-state index contributed by atoms with van der Waals surface area (Å²) in [7, 11) is 0. The maximum absolute atomic E-state index is 6.76. The van der Waals surface area contributed by atoms with Crippen molar-refractivity contribution in [3.05, 3.63) is 279 Å². The maximum atomic E-state index is 6.76. The Morgan fingerprint density at radius 3 is 1.01 bits per heavy atom. The molecule has 0 saturated carbocycles. The summed E-state index contributed by atoms with van der Waals surface area (Å²) in [5.41, 5.74) is 16.6. The topological polar surface area (TPSA) is 42.6 Å². The van der Waals surface area contributed by atoms with Crippen molar-refractivity contribution < 1.29 is 8.83 Å². The van der Waals surface area contributed by atoms with E-state index in [2.05, 4.69) is 298 Å². The van der Waals surface area contributed by atoms with Gasteiger partial charge in [-0.15, -0.1) is 0 Å². The molecule has 17 rings (SSSR count). The summed E-state index contributed by atoms with van der Waals surface area (Å²) in [6, 6.07) is 100. The number of hydrogen-bond donors (Lipinski definition) is 0. The van der Waals surface area contributed by atoms with Crippen molar-refractivity contribution in [3.8, 4) is 11.4 Å². The van der Waals surface area contributed by atoms with Crippen LogP contribution in [0.5, 0.6) is 0 Å². The van der Waals surface area contributed by atoms with Crippen molar-refractivity contribution >= 4 is 143 Å². The van der Waals surface area contributed by atoms with Gasteiger partial charge in [-0.05, 0) is 161 Å². The molecule has 0 spiro atoms. The minimum Gasteiger partial charge on any atom is -0.456 e. The van der Waals surface area contributed by atoms with Crippen molar-refractivity contribution in [1.82, 2.24) is 9.13 Å². The van der Waals surface area contributed by atoms with Gasteiger partial charge in [0.2, 0.25) is 0 Å². The molecule has 0 unspecified atom stereocenters. The zero-order valence-corrected chi connectivity index (χ0v) is 43.2. The van der Waals surface area contributed by atoms with E-state index in [1.807, 2.05) is 0 Å². The van der Waals surface area contributed by atoms with Gasteiger partial charge in [0.15, 0.2) is 0 Å². The summed E-state index contributed by atoms with van der Waals surface area (Å²) in [5, 5.41) is 13.6. The van der Waals surface area contributed by atoms with Gasteiger partial charge in [-0.2, -0.15) is 0 Å². The highest BCUT2D eigenvalue weighted by Crippen LogP contribution is 2.45. The molecule has 4 aromatic heterocycles. The summed E-state index contributed by atoms with van der Waals surface area (Å²) in [4.78, 5) is 4.70. The molecule has 17 aromatic rings. The minimum absolute atomic E-state index is 0.795. The smallest absolute Gasteiger partial charge is 0.139 e. The Labute approximate surface area is 459 Å². The number of fused-ring (bicyclic) bond motifs is 14. The van der Waals surface area contributed by atoms with Crippen LogP contribution in [0.4, 0.5) is 34.1 Å². The third-order valence-corrected chi connectivity index (χ3v) is 16.4. The van der Waals surface area contributed by atoms with Crippen LogP contribution in [-0.4, -0.2) is 9.13 Å². The lowest BCUT2D eigenvalue weighted by Crippen LogP contribution is -2.10. The molecular formula is C74H46N4O2. The molecule has 0 N–H and O–H groups in total. The van der Waals surface area contributed by atoms with E-state index in [0.29, 0.717) is 0 Å². The minimum atomic E-state index is 0.795. The molecule has 80 heavy (non-hydrogen) atoms. The number of hydrogen-bond acceptors (Lipinski definition) is 4. The van der Waals surface area contributed by atoms with Crippen LogP contribution in [0.15, 0.2) is 288 Å². The van der Waals surface area contributed by atoms with Crippen LogP contribution in [0, 0.1) is 0 Å². The van der Waals surface area contributed by atoms with E-state index in [9.17, 15) is 0 Å². The van der Waals surface area contributed by atoms with E-state index < -0.39 is 0 Å². The molecule has 4 heterocycles. The largest absolute Gasteiger partial charge is 0.456 e. The molecule has 0 amide bonds. The highest BCUT2D eigenvalue weighted by atomic mass is 16.3. The van der Waals surface area contributed by atoms with Crippen LogP contribution < -0.4 is 9.80 Å². The number of nitrogens with zero attached hydrogens (tertiary/aromatic N) is 4. The average Bonchev–Trinajstić information content (AvgIpc) is 4.37. The second-order valence-electron chi connectivity index (χ2n) is 20.9. The lowest BCUT2D eigenvalue weighted by molar-refractivity contribution is 0.656. The highest BCUT2D eigenvalue weighted by Gasteiger charge is 2.22. The summed E-state index contributed by atoms with van der Waals surface area (Å²) in [5.74, 6) is 0. The maximum Gasteiger partial charge on any atom is 0.139 e. The second kappa shape index (κ2) is 17.3. The van der Waals surface area contributed by atoms with E-state index in [0.717, 1.165) is 122 Å². The highest BCUT2D eigenvalue weighted by molar-refractivity contribution is 6.19. The fourth-order valence-corrected chi connectivity index (χ4v) is 12.7. The Balaban J connectivity index is 0.754. The van der Waals surface area contributed by atoms with E-state index in [1.165, 1.54) is 32.6 Å². The lowest BCUT2D eigenvalue weighted by Gasteiger charge is -2.26. The number of para-hydroxylation sites is 6. The zero-order chi connectivity index (χ0) is 52.4. The Kier molecular flexibility index (Phi) is 9.61. The monoisotopic (exact) mass is 1020 g/mol. The number of anilines is 6. The van der Waals surface area contributed by atoms with Crippen LogP contribution in [-0.2, 0) is 0 Å². The summed E-state index contributed by atoms with van der Waals surface area (Å²) < 4.78 is 18.3. The van der Waals surface area contributed by atoms with Gasteiger partial charge in [0.1, 0.15) is 22.3 Å². The number of rotatable bonds is 8. The first kappa shape index (κ1) is 44.3. The summed E-state index contributed by atoms with van der Waals surface area (Å²) >= 11 is 0. The van der Waals surface area contributed by atoms with E-state index in [1.54, 1.807) is 0 Å². The first-order valence-electron chi connectivity index (χ1n) is 27.2. The van der Waals surface area contributed by atoms with E-state index in [4.69, 9.17) is 8.83 Å². The molecule has 0 radical (unpaired) electrons. The van der Waals surface area contributed by atoms with Crippen LogP contribution in [0.3, 0.4) is 0 Å².